The lowest BCUT2D eigenvalue weighted by Gasteiger charge is -2.17. The summed E-state index contributed by atoms with van der Waals surface area (Å²) in [5.41, 5.74) is 0. The normalized spacial score (nSPS) is 12.3. The van der Waals surface area contributed by atoms with Crippen LogP contribution in [0.3, 0.4) is 0 Å². The molecule has 0 spiro atoms. The zero-order chi connectivity index (χ0) is 13.7. The maximum atomic E-state index is 11.6. The number of amides is 1. The van der Waals surface area contributed by atoms with Gasteiger partial charge in [-0.2, -0.15) is 0 Å². The number of hydrogen-bond donors (Lipinski definition) is 1. The molecule has 0 heterocycles. The highest BCUT2D eigenvalue weighted by atomic mass is 35.5. The second-order valence-corrected chi connectivity index (χ2v) is 5.31. The van der Waals surface area contributed by atoms with Crippen molar-refractivity contribution in [2.75, 3.05) is 6.61 Å². The summed E-state index contributed by atoms with van der Waals surface area (Å²) in [5.74, 6) is 0.618. The van der Waals surface area contributed by atoms with E-state index in [1.165, 1.54) is 0 Å². The average molecular weight is 290 g/mol. The number of benzene rings is 1. The molecule has 1 aromatic carbocycles. The predicted octanol–water partition coefficient (Wildman–Crippen LogP) is 3.53. The van der Waals surface area contributed by atoms with Crippen LogP contribution in [0.25, 0.3) is 0 Å². The molecule has 1 rings (SSSR count). The molecule has 18 heavy (non-hydrogen) atoms. The minimum absolute atomic E-state index is 0.0723. The topological polar surface area (TPSA) is 38.3 Å². The summed E-state index contributed by atoms with van der Waals surface area (Å²) in [7, 11) is 0. The molecule has 1 N–H and O–H groups in total. The largest absolute Gasteiger partial charge is 0.482 e. The summed E-state index contributed by atoms with van der Waals surface area (Å²) < 4.78 is 5.33. The van der Waals surface area contributed by atoms with Crippen LogP contribution in [0.2, 0.25) is 10.0 Å². The fourth-order valence-electron chi connectivity index (χ4n) is 1.19. The van der Waals surface area contributed by atoms with Gasteiger partial charge in [0.1, 0.15) is 5.75 Å². The van der Waals surface area contributed by atoms with Crippen LogP contribution in [0, 0.1) is 5.92 Å². The van der Waals surface area contributed by atoms with E-state index < -0.39 is 0 Å². The summed E-state index contributed by atoms with van der Waals surface area (Å²) in [4.78, 5) is 11.6. The van der Waals surface area contributed by atoms with Gasteiger partial charge in [0.2, 0.25) is 0 Å². The molecule has 3 nitrogen and oxygen atoms in total. The zero-order valence-corrected chi connectivity index (χ0v) is 12.2. The van der Waals surface area contributed by atoms with Crippen LogP contribution in [-0.4, -0.2) is 18.6 Å². The Hall–Kier alpha value is -0.930. The maximum Gasteiger partial charge on any atom is 0.258 e. The molecule has 5 heteroatoms. The van der Waals surface area contributed by atoms with E-state index in [0.717, 1.165) is 0 Å². The predicted molar refractivity (Wildman–Crippen MR) is 74.4 cm³/mol. The quantitative estimate of drug-likeness (QED) is 0.900. The molecular formula is C13H17Cl2NO2. The van der Waals surface area contributed by atoms with Crippen LogP contribution >= 0.6 is 23.2 Å². The molecule has 1 amide bonds. The SMILES string of the molecule is CC(C)C(C)NC(=O)COc1cc(Cl)ccc1Cl. The highest BCUT2D eigenvalue weighted by molar-refractivity contribution is 6.34. The van der Waals surface area contributed by atoms with E-state index >= 15 is 0 Å². The Morgan fingerprint density at radius 1 is 1.33 bits per heavy atom. The number of halogens is 2. The van der Waals surface area contributed by atoms with Crippen molar-refractivity contribution < 1.29 is 9.53 Å². The Labute approximate surface area is 117 Å². The van der Waals surface area contributed by atoms with Crippen LogP contribution in [0.5, 0.6) is 5.75 Å². The van der Waals surface area contributed by atoms with E-state index in [0.29, 0.717) is 21.7 Å². The molecule has 0 aromatic heterocycles. The first-order chi connectivity index (χ1) is 8.40. The third-order valence-corrected chi connectivity index (χ3v) is 3.19. The van der Waals surface area contributed by atoms with Crippen molar-refractivity contribution >= 4 is 29.1 Å². The van der Waals surface area contributed by atoms with Crippen LogP contribution in [-0.2, 0) is 4.79 Å². The molecular weight excluding hydrogens is 273 g/mol. The zero-order valence-electron chi connectivity index (χ0n) is 10.7. The Kier molecular flexibility index (Phi) is 5.76. The molecule has 0 saturated heterocycles. The van der Waals surface area contributed by atoms with Crippen molar-refractivity contribution in [3.63, 3.8) is 0 Å². The fourth-order valence-corrected chi connectivity index (χ4v) is 1.53. The Bertz CT molecular complexity index is 421. The van der Waals surface area contributed by atoms with Crippen molar-refractivity contribution in [1.82, 2.24) is 5.32 Å². The van der Waals surface area contributed by atoms with Crippen molar-refractivity contribution in [2.24, 2.45) is 5.92 Å². The third kappa shape index (κ3) is 4.75. The lowest BCUT2D eigenvalue weighted by molar-refractivity contribution is -0.123. The summed E-state index contributed by atoms with van der Waals surface area (Å²) in [5, 5.41) is 3.80. The molecule has 0 aliphatic heterocycles. The first kappa shape index (κ1) is 15.1. The Morgan fingerprint density at radius 2 is 2.00 bits per heavy atom. The minimum Gasteiger partial charge on any atom is -0.482 e. The molecule has 0 aliphatic rings. The van der Waals surface area contributed by atoms with E-state index in [4.69, 9.17) is 27.9 Å². The van der Waals surface area contributed by atoms with Gasteiger partial charge in [0.25, 0.3) is 5.91 Å². The first-order valence-corrected chi connectivity index (χ1v) is 6.53. The van der Waals surface area contributed by atoms with Gasteiger partial charge in [-0.25, -0.2) is 0 Å². The maximum absolute atomic E-state index is 11.6. The first-order valence-electron chi connectivity index (χ1n) is 5.77. The summed E-state index contributed by atoms with van der Waals surface area (Å²) in [6.45, 7) is 5.96. The second kappa shape index (κ2) is 6.86. The summed E-state index contributed by atoms with van der Waals surface area (Å²) in [6.07, 6.45) is 0. The fraction of sp³-hybridized carbons (Fsp3) is 0.462. The smallest absolute Gasteiger partial charge is 0.258 e. The minimum atomic E-state index is -0.174. The standard InChI is InChI=1S/C13H17Cl2NO2/c1-8(2)9(3)16-13(17)7-18-12-6-10(14)4-5-11(12)15/h4-6,8-9H,7H2,1-3H3,(H,16,17). The Balaban J connectivity index is 2.50. The van der Waals surface area contributed by atoms with Crippen molar-refractivity contribution in [3.05, 3.63) is 28.2 Å². The highest BCUT2D eigenvalue weighted by Crippen LogP contribution is 2.27. The van der Waals surface area contributed by atoms with E-state index in [2.05, 4.69) is 5.32 Å². The molecule has 0 bridgehead atoms. The lowest BCUT2D eigenvalue weighted by atomic mass is 10.1. The van der Waals surface area contributed by atoms with Crippen LogP contribution < -0.4 is 10.1 Å². The van der Waals surface area contributed by atoms with E-state index in [1.807, 2.05) is 20.8 Å². The summed E-state index contributed by atoms with van der Waals surface area (Å²) in [6, 6.07) is 4.99. The van der Waals surface area contributed by atoms with Crippen molar-refractivity contribution in [3.8, 4) is 5.75 Å². The number of rotatable bonds is 5. The van der Waals surface area contributed by atoms with Gasteiger partial charge in [-0.15, -0.1) is 0 Å². The van der Waals surface area contributed by atoms with Crippen molar-refractivity contribution in [1.29, 1.82) is 0 Å². The lowest BCUT2D eigenvalue weighted by Crippen LogP contribution is -2.38. The van der Waals surface area contributed by atoms with E-state index in [1.54, 1.807) is 18.2 Å². The number of nitrogens with one attached hydrogen (secondary N) is 1. The average Bonchev–Trinajstić information content (AvgIpc) is 2.30. The van der Waals surface area contributed by atoms with Gasteiger partial charge in [-0.05, 0) is 25.0 Å². The Morgan fingerprint density at radius 3 is 2.61 bits per heavy atom. The molecule has 0 radical (unpaired) electrons. The van der Waals surface area contributed by atoms with Crippen molar-refractivity contribution in [2.45, 2.75) is 26.8 Å². The second-order valence-electron chi connectivity index (χ2n) is 4.46. The molecule has 0 fully saturated rings. The molecule has 1 atom stereocenters. The number of carbonyl (C=O) groups is 1. The number of carbonyl (C=O) groups excluding carboxylic acids is 1. The van der Waals surface area contributed by atoms with E-state index in [-0.39, 0.29) is 18.6 Å². The van der Waals surface area contributed by atoms with Crippen LogP contribution in [0.1, 0.15) is 20.8 Å². The van der Waals surface area contributed by atoms with Crippen LogP contribution in [0.15, 0.2) is 18.2 Å². The highest BCUT2D eigenvalue weighted by Gasteiger charge is 2.12. The molecule has 1 aromatic rings. The molecule has 1 unspecified atom stereocenters. The van der Waals surface area contributed by atoms with Gasteiger partial charge in [0.15, 0.2) is 6.61 Å². The molecule has 0 aliphatic carbocycles. The van der Waals surface area contributed by atoms with Gasteiger partial charge >= 0.3 is 0 Å². The van der Waals surface area contributed by atoms with Gasteiger partial charge in [0, 0.05) is 17.1 Å². The van der Waals surface area contributed by atoms with Gasteiger partial charge < -0.3 is 10.1 Å². The molecule has 100 valence electrons. The van der Waals surface area contributed by atoms with E-state index in [9.17, 15) is 4.79 Å². The van der Waals surface area contributed by atoms with Gasteiger partial charge in [0.05, 0.1) is 5.02 Å². The van der Waals surface area contributed by atoms with Crippen LogP contribution in [0.4, 0.5) is 0 Å². The molecule has 0 saturated carbocycles. The third-order valence-electron chi connectivity index (χ3n) is 2.64. The summed E-state index contributed by atoms with van der Waals surface area (Å²) >= 11 is 11.7. The number of ether oxygens (including phenoxy) is 1. The van der Waals surface area contributed by atoms with Gasteiger partial charge in [-0.3, -0.25) is 4.79 Å². The number of hydrogen-bond acceptors (Lipinski definition) is 2. The monoisotopic (exact) mass is 289 g/mol. The van der Waals surface area contributed by atoms with Gasteiger partial charge in [-0.1, -0.05) is 37.0 Å².